The minimum Gasteiger partial charge on any atom is -0.383 e. The van der Waals surface area contributed by atoms with Gasteiger partial charge < -0.3 is 10.1 Å². The lowest BCUT2D eigenvalue weighted by molar-refractivity contribution is 0.198. The summed E-state index contributed by atoms with van der Waals surface area (Å²) >= 11 is 0. The van der Waals surface area contributed by atoms with Crippen molar-refractivity contribution in [2.45, 2.75) is 25.4 Å². The maximum atomic E-state index is 11.6. The van der Waals surface area contributed by atoms with Gasteiger partial charge in [-0.1, -0.05) is 0 Å². The molecule has 2 heterocycles. The predicted molar refractivity (Wildman–Crippen MR) is 68.3 cm³/mol. The number of sulfone groups is 1. The summed E-state index contributed by atoms with van der Waals surface area (Å²) in [4.78, 5) is 0. The average molecular weight is 289 g/mol. The number of aromatic nitrogens is 4. The summed E-state index contributed by atoms with van der Waals surface area (Å²) in [6.07, 6.45) is 0.547. The van der Waals surface area contributed by atoms with Crippen LogP contribution in [0.2, 0.25) is 0 Å². The zero-order valence-electron chi connectivity index (χ0n) is 11.2. The van der Waals surface area contributed by atoms with Gasteiger partial charge in [0.25, 0.3) is 0 Å². The molecule has 1 fully saturated rings. The molecule has 1 aliphatic rings. The Bertz CT molecular complexity index is 529. The van der Waals surface area contributed by atoms with Gasteiger partial charge in [0.2, 0.25) is 0 Å². The molecule has 1 aromatic rings. The molecule has 1 aliphatic heterocycles. The Labute approximate surface area is 112 Å². The summed E-state index contributed by atoms with van der Waals surface area (Å²) in [5.74, 6) is 0.937. The van der Waals surface area contributed by atoms with Crippen molar-refractivity contribution in [3.05, 3.63) is 5.82 Å². The van der Waals surface area contributed by atoms with Crippen molar-refractivity contribution in [3.63, 3.8) is 0 Å². The largest absolute Gasteiger partial charge is 0.383 e. The number of hydrogen-bond donors (Lipinski definition) is 1. The van der Waals surface area contributed by atoms with Crippen molar-refractivity contribution in [1.82, 2.24) is 25.5 Å². The summed E-state index contributed by atoms with van der Waals surface area (Å²) in [5.41, 5.74) is -0.541. The van der Waals surface area contributed by atoms with E-state index in [4.69, 9.17) is 4.74 Å². The molecule has 1 aromatic heterocycles. The maximum absolute atomic E-state index is 11.6. The number of rotatable bonds is 6. The van der Waals surface area contributed by atoms with Crippen molar-refractivity contribution in [3.8, 4) is 0 Å². The van der Waals surface area contributed by atoms with E-state index in [1.54, 1.807) is 11.8 Å². The van der Waals surface area contributed by atoms with E-state index in [-0.39, 0.29) is 11.5 Å². The molecule has 2 rings (SSSR count). The number of ether oxygens (including phenoxy) is 1. The van der Waals surface area contributed by atoms with Crippen molar-refractivity contribution >= 4 is 9.84 Å². The molecule has 8 nitrogen and oxygen atoms in total. The minimum absolute atomic E-state index is 0.0934. The van der Waals surface area contributed by atoms with E-state index in [0.717, 1.165) is 0 Å². The highest BCUT2D eigenvalue weighted by molar-refractivity contribution is 7.91. The summed E-state index contributed by atoms with van der Waals surface area (Å²) in [6, 6.07) is 0. The Morgan fingerprint density at radius 1 is 1.53 bits per heavy atom. The molecule has 0 amide bonds. The maximum Gasteiger partial charge on any atom is 0.165 e. The summed E-state index contributed by atoms with van der Waals surface area (Å²) in [6.45, 7) is 3.67. The Kier molecular flexibility index (Phi) is 4.16. The third-order valence-electron chi connectivity index (χ3n) is 3.29. The molecular formula is C10H19N5O3S. The van der Waals surface area contributed by atoms with E-state index >= 15 is 0 Å². The monoisotopic (exact) mass is 289 g/mol. The lowest BCUT2D eigenvalue weighted by Gasteiger charge is -2.23. The zero-order chi connectivity index (χ0) is 13.9. The Hall–Kier alpha value is -1.06. The van der Waals surface area contributed by atoms with Crippen LogP contribution in [0.4, 0.5) is 0 Å². The topological polar surface area (TPSA) is 99.0 Å². The number of methoxy groups -OCH3 is 1. The van der Waals surface area contributed by atoms with Crippen LogP contribution in [0.5, 0.6) is 0 Å². The van der Waals surface area contributed by atoms with Gasteiger partial charge in [-0.15, -0.1) is 5.10 Å². The number of nitrogens with zero attached hydrogens (tertiary/aromatic N) is 4. The summed E-state index contributed by atoms with van der Waals surface area (Å²) in [5, 5.41) is 14.7. The molecule has 9 heteroatoms. The molecular weight excluding hydrogens is 270 g/mol. The Balaban J connectivity index is 2.07. The van der Waals surface area contributed by atoms with Crippen molar-refractivity contribution in [2.24, 2.45) is 0 Å². The van der Waals surface area contributed by atoms with Gasteiger partial charge in [0.05, 0.1) is 30.2 Å². The average Bonchev–Trinajstić information content (AvgIpc) is 2.90. The molecule has 0 aromatic carbocycles. The molecule has 1 saturated heterocycles. The van der Waals surface area contributed by atoms with E-state index in [9.17, 15) is 8.42 Å². The molecule has 0 radical (unpaired) electrons. The molecule has 1 atom stereocenters. The first-order valence-electron chi connectivity index (χ1n) is 6.15. The van der Waals surface area contributed by atoms with Crippen molar-refractivity contribution < 1.29 is 13.2 Å². The smallest absolute Gasteiger partial charge is 0.165 e. The first kappa shape index (κ1) is 14.4. The van der Waals surface area contributed by atoms with Crippen LogP contribution in [0.15, 0.2) is 0 Å². The van der Waals surface area contributed by atoms with Gasteiger partial charge in [-0.25, -0.2) is 13.1 Å². The van der Waals surface area contributed by atoms with E-state index in [1.165, 1.54) is 0 Å². The van der Waals surface area contributed by atoms with Crippen LogP contribution in [0.1, 0.15) is 19.2 Å². The molecule has 0 aliphatic carbocycles. The molecule has 19 heavy (non-hydrogen) atoms. The van der Waals surface area contributed by atoms with Crippen molar-refractivity contribution in [2.75, 3.05) is 31.8 Å². The highest BCUT2D eigenvalue weighted by Crippen LogP contribution is 2.30. The second-order valence-electron chi connectivity index (χ2n) is 5.02. The fourth-order valence-corrected chi connectivity index (χ4v) is 4.38. The van der Waals surface area contributed by atoms with Crippen LogP contribution in [-0.2, 0) is 26.7 Å². The molecule has 0 spiro atoms. The minimum atomic E-state index is -2.98. The Morgan fingerprint density at radius 2 is 2.32 bits per heavy atom. The van der Waals surface area contributed by atoms with E-state index < -0.39 is 15.4 Å². The number of tetrazole rings is 1. The summed E-state index contributed by atoms with van der Waals surface area (Å²) in [7, 11) is -1.35. The van der Waals surface area contributed by atoms with Gasteiger partial charge in [-0.2, -0.15) is 0 Å². The van der Waals surface area contributed by atoms with E-state index in [0.29, 0.717) is 31.9 Å². The lowest BCUT2D eigenvalue weighted by Crippen LogP contribution is -2.35. The van der Waals surface area contributed by atoms with Crippen LogP contribution in [-0.4, -0.2) is 60.4 Å². The summed E-state index contributed by atoms with van der Waals surface area (Å²) < 4.78 is 29.9. The van der Waals surface area contributed by atoms with Crippen LogP contribution in [0.3, 0.4) is 0 Å². The fraction of sp³-hybridized carbons (Fsp3) is 0.900. The molecule has 0 saturated carbocycles. The number of nitrogens with one attached hydrogen (secondary N) is 1. The Morgan fingerprint density at radius 3 is 2.95 bits per heavy atom. The highest BCUT2D eigenvalue weighted by atomic mass is 32.2. The van der Waals surface area contributed by atoms with Crippen LogP contribution in [0, 0.1) is 0 Å². The molecule has 1 N–H and O–H groups in total. The van der Waals surface area contributed by atoms with Gasteiger partial charge >= 0.3 is 0 Å². The van der Waals surface area contributed by atoms with E-state index in [1.807, 2.05) is 6.92 Å². The zero-order valence-corrected chi connectivity index (χ0v) is 12.0. The van der Waals surface area contributed by atoms with E-state index in [2.05, 4.69) is 20.8 Å². The van der Waals surface area contributed by atoms with Gasteiger partial charge in [-0.05, 0) is 23.8 Å². The third kappa shape index (κ3) is 3.28. The fourth-order valence-electron chi connectivity index (χ4n) is 2.27. The van der Waals surface area contributed by atoms with Crippen LogP contribution in [0.25, 0.3) is 0 Å². The molecule has 0 bridgehead atoms. The normalized spacial score (nSPS) is 25.8. The quantitative estimate of drug-likeness (QED) is 0.667. The lowest BCUT2D eigenvalue weighted by atomic mass is 10.0. The van der Waals surface area contributed by atoms with Gasteiger partial charge in [0.15, 0.2) is 15.7 Å². The first-order valence-corrected chi connectivity index (χ1v) is 7.97. The predicted octanol–water partition coefficient (Wildman–Crippen LogP) is -1.06. The van der Waals surface area contributed by atoms with Gasteiger partial charge in [0.1, 0.15) is 0 Å². The highest BCUT2D eigenvalue weighted by Gasteiger charge is 2.42. The van der Waals surface area contributed by atoms with Crippen LogP contribution < -0.4 is 5.32 Å². The second-order valence-corrected chi connectivity index (χ2v) is 7.20. The second kappa shape index (κ2) is 5.51. The van der Waals surface area contributed by atoms with Crippen molar-refractivity contribution in [1.29, 1.82) is 0 Å². The van der Waals surface area contributed by atoms with Gasteiger partial charge in [-0.3, -0.25) is 0 Å². The third-order valence-corrected chi connectivity index (χ3v) is 5.18. The number of hydrogen-bond acceptors (Lipinski definition) is 7. The SMILES string of the molecule is COCCNCc1nnnn1C1(C)CCS(=O)(=O)C1. The van der Waals surface area contributed by atoms with Crippen LogP contribution >= 0.6 is 0 Å². The first-order chi connectivity index (χ1) is 8.97. The standard InChI is InChI=1S/C10H19N5O3S/c1-10(3-6-19(16,17)8-10)15-9(12-13-14-15)7-11-4-5-18-2/h11H,3-8H2,1-2H3. The molecule has 108 valence electrons. The van der Waals surface area contributed by atoms with Gasteiger partial charge in [0, 0.05) is 13.7 Å². The molecule has 1 unspecified atom stereocenters.